The first-order valence-electron chi connectivity index (χ1n) is 6.02. The summed E-state index contributed by atoms with van der Waals surface area (Å²) in [6, 6.07) is 4.23. The van der Waals surface area contributed by atoms with Crippen molar-refractivity contribution in [3.05, 3.63) is 33.1 Å². The Kier molecular flexibility index (Phi) is 4.72. The number of hydrogen-bond donors (Lipinski definition) is 1. The van der Waals surface area contributed by atoms with Gasteiger partial charge in [0.1, 0.15) is 5.82 Å². The van der Waals surface area contributed by atoms with E-state index in [1.807, 2.05) is 22.6 Å². The molecule has 1 aromatic carbocycles. The Hall–Kier alpha value is -0.760. The van der Waals surface area contributed by atoms with Crippen molar-refractivity contribution in [1.29, 1.82) is 0 Å². The van der Waals surface area contributed by atoms with Gasteiger partial charge in [-0.25, -0.2) is 4.39 Å². The van der Waals surface area contributed by atoms with E-state index < -0.39 is 0 Å². The SMILES string of the molecule is NC(=S)C1CCN(C(=O)c2ccc(F)cc2I)CC1. The van der Waals surface area contributed by atoms with Crippen molar-refractivity contribution in [2.45, 2.75) is 12.8 Å². The molecule has 2 rings (SSSR count). The van der Waals surface area contributed by atoms with Crippen LogP contribution in [0, 0.1) is 15.3 Å². The van der Waals surface area contributed by atoms with E-state index in [0.29, 0.717) is 27.2 Å². The van der Waals surface area contributed by atoms with Crippen molar-refractivity contribution < 1.29 is 9.18 Å². The number of amides is 1. The van der Waals surface area contributed by atoms with Crippen molar-refractivity contribution in [1.82, 2.24) is 4.90 Å². The predicted octanol–water partition coefficient (Wildman–Crippen LogP) is 2.57. The minimum Gasteiger partial charge on any atom is -0.393 e. The third kappa shape index (κ3) is 3.42. The topological polar surface area (TPSA) is 46.3 Å². The molecule has 0 saturated carbocycles. The number of benzene rings is 1. The zero-order chi connectivity index (χ0) is 14.0. The van der Waals surface area contributed by atoms with E-state index >= 15 is 0 Å². The lowest BCUT2D eigenvalue weighted by Crippen LogP contribution is -2.41. The molecule has 1 saturated heterocycles. The lowest BCUT2D eigenvalue weighted by atomic mass is 9.96. The number of rotatable bonds is 2. The minimum absolute atomic E-state index is 0.0502. The average molecular weight is 392 g/mol. The summed E-state index contributed by atoms with van der Waals surface area (Å²) in [5.41, 5.74) is 6.18. The van der Waals surface area contributed by atoms with Crippen LogP contribution in [0.2, 0.25) is 0 Å². The molecule has 6 heteroatoms. The van der Waals surface area contributed by atoms with Gasteiger partial charge in [-0.2, -0.15) is 0 Å². The second kappa shape index (κ2) is 6.13. The lowest BCUT2D eigenvalue weighted by Gasteiger charge is -2.31. The van der Waals surface area contributed by atoms with Crippen molar-refractivity contribution in [2.24, 2.45) is 11.7 Å². The number of likely N-dealkylation sites (tertiary alicyclic amines) is 1. The highest BCUT2D eigenvalue weighted by Gasteiger charge is 2.25. The van der Waals surface area contributed by atoms with Gasteiger partial charge in [0.2, 0.25) is 0 Å². The molecule has 19 heavy (non-hydrogen) atoms. The Morgan fingerprint density at radius 1 is 1.42 bits per heavy atom. The van der Waals surface area contributed by atoms with Gasteiger partial charge in [-0.15, -0.1) is 0 Å². The van der Waals surface area contributed by atoms with E-state index in [-0.39, 0.29) is 17.6 Å². The third-order valence-corrected chi connectivity index (χ3v) is 4.57. The number of thiocarbonyl (C=S) groups is 1. The number of hydrogen-bond acceptors (Lipinski definition) is 2. The first-order valence-corrected chi connectivity index (χ1v) is 7.51. The quantitative estimate of drug-likeness (QED) is 0.622. The van der Waals surface area contributed by atoms with Crippen LogP contribution in [-0.2, 0) is 0 Å². The van der Waals surface area contributed by atoms with Crippen LogP contribution in [0.4, 0.5) is 4.39 Å². The Balaban J connectivity index is 2.07. The zero-order valence-electron chi connectivity index (χ0n) is 10.2. The van der Waals surface area contributed by atoms with Crippen LogP contribution < -0.4 is 5.73 Å². The molecule has 0 atom stereocenters. The summed E-state index contributed by atoms with van der Waals surface area (Å²) in [6.45, 7) is 1.29. The Bertz CT molecular complexity index is 515. The fourth-order valence-corrected chi connectivity index (χ4v) is 3.14. The number of carbonyl (C=O) groups is 1. The molecule has 0 spiro atoms. The van der Waals surface area contributed by atoms with Gasteiger partial charge in [0.05, 0.1) is 10.6 Å². The average Bonchev–Trinajstić information content (AvgIpc) is 2.38. The lowest BCUT2D eigenvalue weighted by molar-refractivity contribution is 0.0709. The number of nitrogens with two attached hydrogens (primary N) is 1. The van der Waals surface area contributed by atoms with Crippen LogP contribution in [0.15, 0.2) is 18.2 Å². The summed E-state index contributed by atoms with van der Waals surface area (Å²) in [6.07, 6.45) is 1.61. The molecule has 1 heterocycles. The molecule has 0 aromatic heterocycles. The molecule has 1 amide bonds. The van der Waals surface area contributed by atoms with E-state index in [9.17, 15) is 9.18 Å². The van der Waals surface area contributed by atoms with Gasteiger partial charge in [0.25, 0.3) is 5.91 Å². The summed E-state index contributed by atoms with van der Waals surface area (Å²) in [4.78, 5) is 14.7. The molecular weight excluding hydrogens is 378 g/mol. The number of halogens is 2. The second-order valence-corrected chi connectivity index (χ2v) is 6.23. The van der Waals surface area contributed by atoms with Gasteiger partial charge >= 0.3 is 0 Å². The number of nitrogens with zero attached hydrogens (tertiary/aromatic N) is 1. The normalized spacial score (nSPS) is 16.4. The molecule has 0 bridgehead atoms. The second-order valence-electron chi connectivity index (χ2n) is 4.59. The van der Waals surface area contributed by atoms with Crippen LogP contribution in [0.5, 0.6) is 0 Å². The smallest absolute Gasteiger partial charge is 0.254 e. The van der Waals surface area contributed by atoms with Gasteiger partial charge in [-0.1, -0.05) is 12.2 Å². The summed E-state index contributed by atoms with van der Waals surface area (Å²) in [7, 11) is 0. The maximum absolute atomic E-state index is 13.0. The van der Waals surface area contributed by atoms with E-state index in [1.54, 1.807) is 11.0 Å². The van der Waals surface area contributed by atoms with Crippen LogP contribution in [-0.4, -0.2) is 28.9 Å². The van der Waals surface area contributed by atoms with E-state index in [4.69, 9.17) is 18.0 Å². The van der Waals surface area contributed by atoms with Crippen LogP contribution in [0.25, 0.3) is 0 Å². The summed E-state index contributed by atoms with van der Waals surface area (Å²) in [5.74, 6) is -0.148. The Morgan fingerprint density at radius 2 is 2.05 bits per heavy atom. The monoisotopic (exact) mass is 392 g/mol. The van der Waals surface area contributed by atoms with E-state index in [0.717, 1.165) is 12.8 Å². The number of carbonyl (C=O) groups excluding carboxylic acids is 1. The highest BCUT2D eigenvalue weighted by atomic mass is 127. The molecule has 3 nitrogen and oxygen atoms in total. The van der Waals surface area contributed by atoms with E-state index in [1.165, 1.54) is 12.1 Å². The van der Waals surface area contributed by atoms with Crippen LogP contribution in [0.3, 0.4) is 0 Å². The molecule has 0 radical (unpaired) electrons. The third-order valence-electron chi connectivity index (χ3n) is 3.35. The highest BCUT2D eigenvalue weighted by Crippen LogP contribution is 2.21. The van der Waals surface area contributed by atoms with Crippen molar-refractivity contribution in [3.63, 3.8) is 0 Å². The van der Waals surface area contributed by atoms with Gasteiger partial charge in [-0.3, -0.25) is 4.79 Å². The largest absolute Gasteiger partial charge is 0.393 e. The van der Waals surface area contributed by atoms with Crippen LogP contribution >= 0.6 is 34.8 Å². The Labute approximate surface area is 130 Å². The van der Waals surface area contributed by atoms with E-state index in [2.05, 4.69) is 0 Å². The summed E-state index contributed by atoms with van der Waals surface area (Å²) in [5, 5.41) is 0. The van der Waals surface area contributed by atoms with Crippen molar-refractivity contribution >= 4 is 45.7 Å². The van der Waals surface area contributed by atoms with Gasteiger partial charge in [0.15, 0.2) is 0 Å². The molecule has 0 unspecified atom stereocenters. The fourth-order valence-electron chi connectivity index (χ4n) is 2.20. The summed E-state index contributed by atoms with van der Waals surface area (Å²) < 4.78 is 13.7. The van der Waals surface area contributed by atoms with Crippen LogP contribution in [0.1, 0.15) is 23.2 Å². The molecule has 2 N–H and O–H groups in total. The van der Waals surface area contributed by atoms with Crippen molar-refractivity contribution in [3.8, 4) is 0 Å². The first kappa shape index (κ1) is 14.6. The molecule has 1 aliphatic rings. The zero-order valence-corrected chi connectivity index (χ0v) is 13.2. The molecular formula is C13H14FIN2OS. The van der Waals surface area contributed by atoms with Gasteiger partial charge in [0, 0.05) is 22.6 Å². The highest BCUT2D eigenvalue weighted by molar-refractivity contribution is 14.1. The maximum Gasteiger partial charge on any atom is 0.254 e. The van der Waals surface area contributed by atoms with Gasteiger partial charge < -0.3 is 10.6 Å². The van der Waals surface area contributed by atoms with Gasteiger partial charge in [-0.05, 0) is 53.6 Å². The first-order chi connectivity index (χ1) is 8.99. The maximum atomic E-state index is 13.0. The molecule has 0 aliphatic carbocycles. The molecule has 1 aromatic rings. The number of piperidine rings is 1. The Morgan fingerprint density at radius 3 is 2.58 bits per heavy atom. The summed E-state index contributed by atoms with van der Waals surface area (Å²) >= 11 is 6.96. The standard InChI is InChI=1S/C13H14FIN2OS/c14-9-1-2-10(11(15)7-9)13(18)17-5-3-8(4-6-17)12(16)19/h1-2,7-8H,3-6H2,(H2,16,19). The molecule has 1 fully saturated rings. The molecule has 102 valence electrons. The molecule has 1 aliphatic heterocycles. The van der Waals surface area contributed by atoms with Crippen molar-refractivity contribution in [2.75, 3.05) is 13.1 Å². The minimum atomic E-state index is -0.326. The fraction of sp³-hybridized carbons (Fsp3) is 0.385. The predicted molar refractivity (Wildman–Crippen MR) is 84.5 cm³/mol.